The molecule has 2 atom stereocenters. The number of anilines is 1. The molecule has 1 aliphatic carbocycles. The van der Waals surface area contributed by atoms with E-state index in [9.17, 15) is 9.00 Å². The number of halogens is 1. The first-order chi connectivity index (χ1) is 15.0. The minimum Gasteiger partial charge on any atom is -0.372 e. The zero-order valence-electron chi connectivity index (χ0n) is 17.7. The molecule has 1 fully saturated rings. The largest absolute Gasteiger partial charge is 0.372 e. The van der Waals surface area contributed by atoms with E-state index in [0.29, 0.717) is 34.0 Å². The topological polar surface area (TPSA) is 81.2 Å². The molecular formula is C23H26ClN3O3S. The summed E-state index contributed by atoms with van der Waals surface area (Å²) in [5.74, 6) is 6.00. The Morgan fingerprint density at radius 1 is 1.32 bits per heavy atom. The summed E-state index contributed by atoms with van der Waals surface area (Å²) in [6, 6.07) is 5.36. The van der Waals surface area contributed by atoms with Gasteiger partial charge in [0.15, 0.2) is 5.82 Å². The zero-order chi connectivity index (χ0) is 22.2. The average Bonchev–Trinajstić information content (AvgIpc) is 3.26. The highest BCUT2D eigenvalue weighted by Gasteiger charge is 2.27. The third-order valence-corrected chi connectivity index (χ3v) is 6.76. The molecule has 1 aromatic carbocycles. The van der Waals surface area contributed by atoms with Crippen molar-refractivity contribution >= 4 is 34.1 Å². The van der Waals surface area contributed by atoms with Crippen LogP contribution in [0.2, 0.25) is 5.02 Å². The Labute approximate surface area is 190 Å². The molecule has 1 heterocycles. The first-order valence-electron chi connectivity index (χ1n) is 10.2. The van der Waals surface area contributed by atoms with Crippen molar-refractivity contribution < 1.29 is 13.7 Å². The highest BCUT2D eigenvalue weighted by molar-refractivity contribution is 7.84. The van der Waals surface area contributed by atoms with E-state index in [2.05, 4.69) is 27.1 Å². The molecule has 1 N–H and O–H groups in total. The molecule has 0 spiro atoms. The number of nitrogens with one attached hydrogen (secondary N) is 1. The maximum atomic E-state index is 13.2. The number of carbonyl (C=O) groups is 1. The molecule has 1 aliphatic rings. The fourth-order valence-electron chi connectivity index (χ4n) is 3.81. The summed E-state index contributed by atoms with van der Waals surface area (Å²) in [5.41, 5.74) is 1.33. The fraction of sp³-hybridized carbons (Fsp3) is 0.435. The standard InChI is InChI=1S/C23H26ClN3O3S/c1-30-11-5-8-18-14-26-22(15-25-18)27-23(28)19(12-16-6-3-4-7-16)17-9-10-21(31(2)29)20(24)13-17/h9-10,13-16,19H,3-4,6-7,11-12H2,1-2H3,(H,26,27,28). The van der Waals surface area contributed by atoms with Crippen LogP contribution in [0, 0.1) is 17.8 Å². The van der Waals surface area contributed by atoms with Crippen LogP contribution >= 0.6 is 11.6 Å². The number of hydrogen-bond acceptors (Lipinski definition) is 5. The molecule has 2 unspecified atom stereocenters. The van der Waals surface area contributed by atoms with Crippen LogP contribution < -0.4 is 5.32 Å². The number of hydrogen-bond donors (Lipinski definition) is 1. The molecular weight excluding hydrogens is 434 g/mol. The Morgan fingerprint density at radius 3 is 2.71 bits per heavy atom. The monoisotopic (exact) mass is 459 g/mol. The van der Waals surface area contributed by atoms with E-state index in [-0.39, 0.29) is 11.8 Å². The van der Waals surface area contributed by atoms with Gasteiger partial charge < -0.3 is 10.1 Å². The van der Waals surface area contributed by atoms with Crippen molar-refractivity contribution in [2.75, 3.05) is 25.3 Å². The Bertz CT molecular complexity index is 995. The maximum absolute atomic E-state index is 13.2. The molecule has 8 heteroatoms. The lowest BCUT2D eigenvalue weighted by atomic mass is 9.87. The van der Waals surface area contributed by atoms with Gasteiger partial charge in [0.25, 0.3) is 0 Å². The van der Waals surface area contributed by atoms with E-state index in [1.165, 1.54) is 25.2 Å². The minimum atomic E-state index is -1.18. The summed E-state index contributed by atoms with van der Waals surface area (Å²) in [6.45, 7) is 0.315. The van der Waals surface area contributed by atoms with Crippen molar-refractivity contribution in [3.63, 3.8) is 0 Å². The van der Waals surface area contributed by atoms with Crippen molar-refractivity contribution in [1.29, 1.82) is 0 Å². The van der Waals surface area contributed by atoms with Crippen molar-refractivity contribution in [3.8, 4) is 11.8 Å². The lowest BCUT2D eigenvalue weighted by molar-refractivity contribution is -0.118. The quantitative estimate of drug-likeness (QED) is 0.628. The van der Waals surface area contributed by atoms with Crippen molar-refractivity contribution in [2.45, 2.75) is 42.9 Å². The SMILES string of the molecule is COCC#Cc1cnc(NC(=O)C(CC2CCCC2)c2ccc(S(C)=O)c(Cl)c2)cn1. The molecule has 1 saturated carbocycles. The van der Waals surface area contributed by atoms with Crippen LogP contribution in [0.15, 0.2) is 35.5 Å². The van der Waals surface area contributed by atoms with Crippen molar-refractivity contribution in [3.05, 3.63) is 46.9 Å². The molecule has 2 aromatic rings. The Kier molecular flexibility index (Phi) is 8.59. The van der Waals surface area contributed by atoms with E-state index < -0.39 is 10.8 Å². The molecule has 0 radical (unpaired) electrons. The van der Waals surface area contributed by atoms with Gasteiger partial charge in [-0.3, -0.25) is 9.00 Å². The van der Waals surface area contributed by atoms with Crippen molar-refractivity contribution in [1.82, 2.24) is 9.97 Å². The maximum Gasteiger partial charge on any atom is 0.233 e. The summed E-state index contributed by atoms with van der Waals surface area (Å²) in [4.78, 5) is 22.2. The smallest absolute Gasteiger partial charge is 0.233 e. The molecule has 1 aromatic heterocycles. The molecule has 0 bridgehead atoms. The van der Waals surface area contributed by atoms with E-state index in [4.69, 9.17) is 16.3 Å². The predicted molar refractivity (Wildman–Crippen MR) is 123 cm³/mol. The van der Waals surface area contributed by atoms with Gasteiger partial charge in [0, 0.05) is 13.4 Å². The Balaban J connectivity index is 1.78. The zero-order valence-corrected chi connectivity index (χ0v) is 19.3. The first kappa shape index (κ1) is 23.4. The van der Waals surface area contributed by atoms with E-state index in [1.807, 2.05) is 6.07 Å². The molecule has 0 saturated heterocycles. The van der Waals surface area contributed by atoms with Gasteiger partial charge in [-0.05, 0) is 36.0 Å². The van der Waals surface area contributed by atoms with Crippen LogP contribution in [0.25, 0.3) is 0 Å². The van der Waals surface area contributed by atoms with E-state index in [0.717, 1.165) is 24.8 Å². The number of aromatic nitrogens is 2. The lowest BCUT2D eigenvalue weighted by Gasteiger charge is -2.21. The summed E-state index contributed by atoms with van der Waals surface area (Å²) in [5, 5.41) is 3.30. The average molecular weight is 460 g/mol. The number of methoxy groups -OCH3 is 1. The number of rotatable bonds is 7. The van der Waals surface area contributed by atoms with Crippen LogP contribution in [-0.4, -0.2) is 40.1 Å². The number of ether oxygens (including phenoxy) is 1. The third kappa shape index (κ3) is 6.60. The highest BCUT2D eigenvalue weighted by Crippen LogP contribution is 2.36. The number of amides is 1. The number of nitrogens with zero attached hydrogens (tertiary/aromatic N) is 2. The van der Waals surface area contributed by atoms with Gasteiger partial charge in [0.1, 0.15) is 12.3 Å². The second-order valence-corrected chi connectivity index (χ2v) is 9.35. The van der Waals surface area contributed by atoms with Gasteiger partial charge in [0.05, 0.1) is 39.0 Å². The van der Waals surface area contributed by atoms with Gasteiger partial charge >= 0.3 is 0 Å². The van der Waals surface area contributed by atoms with Crippen LogP contribution in [0.3, 0.4) is 0 Å². The van der Waals surface area contributed by atoms with Crippen LogP contribution in [0.1, 0.15) is 49.3 Å². The first-order valence-corrected chi connectivity index (χ1v) is 12.1. The number of benzene rings is 1. The second kappa shape index (κ2) is 11.4. The van der Waals surface area contributed by atoms with E-state index >= 15 is 0 Å². The summed E-state index contributed by atoms with van der Waals surface area (Å²) in [6.07, 6.45) is 10.0. The Hall–Kier alpha value is -2.27. The van der Waals surface area contributed by atoms with Gasteiger partial charge in [-0.25, -0.2) is 9.97 Å². The van der Waals surface area contributed by atoms with Crippen LogP contribution in [-0.2, 0) is 20.3 Å². The normalized spacial score (nSPS) is 15.7. The molecule has 3 rings (SSSR count). The van der Waals surface area contributed by atoms with Gasteiger partial charge in [-0.2, -0.15) is 0 Å². The van der Waals surface area contributed by atoms with Crippen molar-refractivity contribution in [2.24, 2.45) is 5.92 Å². The molecule has 31 heavy (non-hydrogen) atoms. The fourth-order valence-corrected chi connectivity index (χ4v) is 4.92. The van der Waals surface area contributed by atoms with Crippen LogP contribution in [0.5, 0.6) is 0 Å². The second-order valence-electron chi connectivity index (χ2n) is 7.59. The van der Waals surface area contributed by atoms with Gasteiger partial charge in [0.2, 0.25) is 5.91 Å². The molecule has 164 valence electrons. The molecule has 1 amide bonds. The summed E-state index contributed by atoms with van der Waals surface area (Å²) >= 11 is 6.35. The van der Waals surface area contributed by atoms with E-state index in [1.54, 1.807) is 25.5 Å². The van der Waals surface area contributed by atoms with Gasteiger partial charge in [-0.15, -0.1) is 0 Å². The predicted octanol–water partition coefficient (Wildman–Crippen LogP) is 4.17. The van der Waals surface area contributed by atoms with Crippen LogP contribution in [0.4, 0.5) is 5.82 Å². The highest BCUT2D eigenvalue weighted by atomic mass is 35.5. The minimum absolute atomic E-state index is 0.152. The molecule has 0 aliphatic heterocycles. The Morgan fingerprint density at radius 2 is 2.10 bits per heavy atom. The molecule has 6 nitrogen and oxygen atoms in total. The van der Waals surface area contributed by atoms with Gasteiger partial charge in [-0.1, -0.05) is 49.3 Å². The summed E-state index contributed by atoms with van der Waals surface area (Å²) < 4.78 is 16.7. The number of carbonyl (C=O) groups excluding carboxylic acids is 1. The lowest BCUT2D eigenvalue weighted by Crippen LogP contribution is -2.24. The third-order valence-electron chi connectivity index (χ3n) is 5.36. The summed E-state index contributed by atoms with van der Waals surface area (Å²) in [7, 11) is 0.389.